The van der Waals surface area contributed by atoms with Gasteiger partial charge in [0.1, 0.15) is 5.76 Å². The number of aromatic nitrogens is 1. The number of rotatable bonds is 7. The van der Waals surface area contributed by atoms with Crippen LogP contribution >= 0.6 is 11.3 Å². The Morgan fingerprint density at radius 3 is 2.81 bits per heavy atom. The van der Waals surface area contributed by atoms with E-state index in [1.807, 2.05) is 13.0 Å². The Balaban J connectivity index is 2.05. The van der Waals surface area contributed by atoms with E-state index in [1.54, 1.807) is 12.3 Å². The summed E-state index contributed by atoms with van der Waals surface area (Å²) in [5, 5.41) is 2.48. The highest BCUT2D eigenvalue weighted by atomic mass is 32.1. The quantitative estimate of drug-likeness (QED) is 0.821. The van der Waals surface area contributed by atoms with Gasteiger partial charge in [-0.2, -0.15) is 13.2 Å². The molecule has 0 saturated carbocycles. The molecule has 0 radical (unpaired) electrons. The van der Waals surface area contributed by atoms with Crippen molar-refractivity contribution < 1.29 is 17.6 Å². The van der Waals surface area contributed by atoms with Gasteiger partial charge in [-0.1, -0.05) is 6.92 Å². The van der Waals surface area contributed by atoms with Crippen LogP contribution in [0, 0.1) is 0 Å². The van der Waals surface area contributed by atoms with Crippen LogP contribution in [0.25, 0.3) is 0 Å². The summed E-state index contributed by atoms with van der Waals surface area (Å²) in [4.78, 5) is 4.10. The van der Waals surface area contributed by atoms with Crippen molar-refractivity contribution in [1.82, 2.24) is 10.3 Å². The second kappa shape index (κ2) is 7.09. The van der Waals surface area contributed by atoms with Gasteiger partial charge in [-0.05, 0) is 31.5 Å². The summed E-state index contributed by atoms with van der Waals surface area (Å²) < 4.78 is 43.2. The molecular formula is C14H17F3N2OS. The van der Waals surface area contributed by atoms with Crippen molar-refractivity contribution in [1.29, 1.82) is 0 Å². The number of halogens is 3. The summed E-state index contributed by atoms with van der Waals surface area (Å²) in [5.74, 6) is 0.832. The highest BCUT2D eigenvalue weighted by Crippen LogP contribution is 2.35. The topological polar surface area (TPSA) is 38.1 Å². The molecular weight excluding hydrogens is 301 g/mol. The van der Waals surface area contributed by atoms with E-state index in [0.29, 0.717) is 29.1 Å². The Hall–Kier alpha value is -1.34. The number of furan rings is 1. The maximum absolute atomic E-state index is 12.6. The fourth-order valence-corrected chi connectivity index (χ4v) is 2.88. The number of nitrogens with zero attached hydrogens (tertiary/aromatic N) is 1. The molecule has 0 aliphatic heterocycles. The molecule has 2 aromatic rings. The van der Waals surface area contributed by atoms with Crippen LogP contribution in [0.15, 0.2) is 29.0 Å². The first-order chi connectivity index (χ1) is 10.0. The lowest BCUT2D eigenvalue weighted by atomic mass is 10.1. The predicted octanol–water partition coefficient (Wildman–Crippen LogP) is 4.43. The Bertz CT molecular complexity index is 537. The first kappa shape index (κ1) is 16.0. The highest BCUT2D eigenvalue weighted by Gasteiger charge is 2.35. The standard InChI is InChI=1S/C14H17F3N2OS/c1-2-7-18-11(6-5-10-4-3-8-20-10)12-9-19-13(21-12)14(15,16)17/h3-4,8-9,11,18H,2,5-7H2,1H3. The van der Waals surface area contributed by atoms with Gasteiger partial charge in [-0.3, -0.25) is 0 Å². The molecule has 2 heterocycles. The summed E-state index contributed by atoms with van der Waals surface area (Å²) >= 11 is 0.706. The smallest absolute Gasteiger partial charge is 0.443 e. The summed E-state index contributed by atoms with van der Waals surface area (Å²) in [6, 6.07) is 3.53. The Morgan fingerprint density at radius 1 is 1.43 bits per heavy atom. The van der Waals surface area contributed by atoms with Crippen LogP contribution in [0.2, 0.25) is 0 Å². The van der Waals surface area contributed by atoms with Crippen molar-refractivity contribution in [3.63, 3.8) is 0 Å². The maximum Gasteiger partial charge on any atom is 0.443 e. The SMILES string of the molecule is CCCNC(CCc1ccco1)c1cnc(C(F)(F)F)s1. The molecule has 1 atom stereocenters. The average molecular weight is 318 g/mol. The normalized spacial score (nSPS) is 13.5. The Morgan fingerprint density at radius 2 is 2.24 bits per heavy atom. The van der Waals surface area contributed by atoms with Gasteiger partial charge in [0.2, 0.25) is 0 Å². The molecule has 2 aromatic heterocycles. The number of alkyl halides is 3. The second-order valence-electron chi connectivity index (χ2n) is 4.69. The van der Waals surface area contributed by atoms with Crippen LogP contribution in [0.4, 0.5) is 13.2 Å². The van der Waals surface area contributed by atoms with E-state index in [4.69, 9.17) is 4.42 Å². The van der Waals surface area contributed by atoms with Crippen molar-refractivity contribution in [2.75, 3.05) is 6.54 Å². The van der Waals surface area contributed by atoms with Gasteiger partial charge in [0.15, 0.2) is 5.01 Å². The zero-order chi connectivity index (χ0) is 15.3. The number of hydrogen-bond donors (Lipinski definition) is 1. The third-order valence-corrected chi connectivity index (χ3v) is 4.17. The molecule has 1 unspecified atom stereocenters. The lowest BCUT2D eigenvalue weighted by Crippen LogP contribution is -2.21. The molecule has 2 rings (SSSR count). The molecule has 1 N–H and O–H groups in total. The molecule has 21 heavy (non-hydrogen) atoms. The molecule has 0 aliphatic rings. The molecule has 0 amide bonds. The molecule has 0 aliphatic carbocycles. The fraction of sp³-hybridized carbons (Fsp3) is 0.500. The van der Waals surface area contributed by atoms with E-state index in [-0.39, 0.29) is 6.04 Å². The van der Waals surface area contributed by atoms with Crippen LogP contribution in [0.5, 0.6) is 0 Å². The van der Waals surface area contributed by atoms with Crippen molar-refractivity contribution in [2.24, 2.45) is 0 Å². The molecule has 7 heteroatoms. The van der Waals surface area contributed by atoms with E-state index in [9.17, 15) is 13.2 Å². The summed E-state index contributed by atoms with van der Waals surface area (Å²) in [7, 11) is 0. The lowest BCUT2D eigenvalue weighted by molar-refractivity contribution is -0.137. The lowest BCUT2D eigenvalue weighted by Gasteiger charge is -2.16. The zero-order valence-electron chi connectivity index (χ0n) is 11.6. The van der Waals surface area contributed by atoms with Gasteiger partial charge >= 0.3 is 6.18 Å². The van der Waals surface area contributed by atoms with E-state index < -0.39 is 11.2 Å². The largest absolute Gasteiger partial charge is 0.469 e. The number of hydrogen-bond acceptors (Lipinski definition) is 4. The molecule has 0 spiro atoms. The van der Waals surface area contributed by atoms with Crippen molar-refractivity contribution in [3.8, 4) is 0 Å². The van der Waals surface area contributed by atoms with Crippen LogP contribution in [0.3, 0.4) is 0 Å². The van der Waals surface area contributed by atoms with Crippen molar-refractivity contribution in [3.05, 3.63) is 40.2 Å². The van der Waals surface area contributed by atoms with Crippen molar-refractivity contribution >= 4 is 11.3 Å². The van der Waals surface area contributed by atoms with Gasteiger partial charge in [0, 0.05) is 23.5 Å². The molecule has 0 bridgehead atoms. The molecule has 0 fully saturated rings. The number of nitrogens with one attached hydrogen (secondary N) is 1. The van der Waals surface area contributed by atoms with Crippen LogP contribution in [0.1, 0.15) is 41.5 Å². The predicted molar refractivity (Wildman–Crippen MR) is 75.2 cm³/mol. The Labute approximate surface area is 125 Å². The van der Waals surface area contributed by atoms with E-state index in [1.165, 1.54) is 6.20 Å². The fourth-order valence-electron chi connectivity index (χ4n) is 1.98. The summed E-state index contributed by atoms with van der Waals surface area (Å²) in [5.41, 5.74) is 0. The minimum atomic E-state index is -4.38. The zero-order valence-corrected chi connectivity index (χ0v) is 12.4. The van der Waals surface area contributed by atoms with Gasteiger partial charge in [0.25, 0.3) is 0 Å². The second-order valence-corrected chi connectivity index (χ2v) is 5.75. The maximum atomic E-state index is 12.6. The van der Waals surface area contributed by atoms with E-state index in [2.05, 4.69) is 10.3 Å². The van der Waals surface area contributed by atoms with Gasteiger partial charge in [-0.25, -0.2) is 4.98 Å². The van der Waals surface area contributed by atoms with E-state index >= 15 is 0 Å². The van der Waals surface area contributed by atoms with E-state index in [0.717, 1.165) is 18.7 Å². The number of aryl methyl sites for hydroxylation is 1. The third kappa shape index (κ3) is 4.57. The molecule has 0 saturated heterocycles. The first-order valence-electron chi connectivity index (χ1n) is 6.79. The van der Waals surface area contributed by atoms with Gasteiger partial charge in [0.05, 0.1) is 6.26 Å². The molecule has 116 valence electrons. The monoisotopic (exact) mass is 318 g/mol. The molecule has 0 aromatic carbocycles. The minimum absolute atomic E-state index is 0.136. The molecule has 3 nitrogen and oxygen atoms in total. The Kier molecular flexibility index (Phi) is 5.41. The van der Waals surface area contributed by atoms with Crippen LogP contribution in [-0.2, 0) is 12.6 Å². The van der Waals surface area contributed by atoms with Crippen LogP contribution < -0.4 is 5.32 Å². The highest BCUT2D eigenvalue weighted by molar-refractivity contribution is 7.11. The van der Waals surface area contributed by atoms with Crippen LogP contribution in [-0.4, -0.2) is 11.5 Å². The number of thiazole rings is 1. The average Bonchev–Trinajstić information content (AvgIpc) is 3.09. The van der Waals surface area contributed by atoms with Crippen molar-refractivity contribution in [2.45, 2.75) is 38.4 Å². The minimum Gasteiger partial charge on any atom is -0.469 e. The summed E-state index contributed by atoms with van der Waals surface area (Å²) in [6.07, 6.45) is 0.809. The van der Waals surface area contributed by atoms with Gasteiger partial charge in [-0.15, -0.1) is 11.3 Å². The third-order valence-electron chi connectivity index (χ3n) is 3.01. The first-order valence-corrected chi connectivity index (χ1v) is 7.61. The summed E-state index contributed by atoms with van der Waals surface area (Å²) in [6.45, 7) is 2.77. The van der Waals surface area contributed by atoms with Gasteiger partial charge < -0.3 is 9.73 Å².